The van der Waals surface area contributed by atoms with E-state index in [-0.39, 0.29) is 12.2 Å². The molecule has 2 aromatic rings. The zero-order valence-electron chi connectivity index (χ0n) is 17.9. The van der Waals surface area contributed by atoms with Gasteiger partial charge in [0.2, 0.25) is 0 Å². The van der Waals surface area contributed by atoms with Crippen LogP contribution in [-0.2, 0) is 36.3 Å². The summed E-state index contributed by atoms with van der Waals surface area (Å²) < 4.78 is 58.4. The van der Waals surface area contributed by atoms with E-state index in [1.165, 1.54) is 13.3 Å². The molecular formula is C13H19IN7O12P3. The molecule has 0 aromatic carbocycles. The Hall–Kier alpha value is -1.21. The number of anilines is 1. The van der Waals surface area contributed by atoms with Crippen LogP contribution in [0.3, 0.4) is 0 Å². The van der Waals surface area contributed by atoms with Crippen LogP contribution in [0.5, 0.6) is 0 Å². The standard InChI is InChI=1S/C13H19IN7O12P3/c1-13(14,19-20-16)31-8-4-10(21-3-2-7-11(15)17-6-18-12(7)21)30-9(8)5-29-35(25,26)33-36(27,28)32-34(22,23)24/h2-3,6,8-10H,4-5H2,1H3,(H,25,26)(H,27,28)(H2,15,17,18)(H2,22,23,24)/t8-,9-,10-,13?/m1/s1. The molecule has 36 heavy (non-hydrogen) atoms. The lowest BCUT2D eigenvalue weighted by Gasteiger charge is -2.26. The number of nitrogens with zero attached hydrogens (tertiary/aromatic N) is 6. The van der Waals surface area contributed by atoms with Crippen molar-refractivity contribution in [1.82, 2.24) is 14.5 Å². The van der Waals surface area contributed by atoms with E-state index >= 15 is 0 Å². The van der Waals surface area contributed by atoms with E-state index in [0.29, 0.717) is 11.0 Å². The average molecular weight is 685 g/mol. The van der Waals surface area contributed by atoms with Gasteiger partial charge < -0.3 is 39.3 Å². The fraction of sp³-hybridized carbons (Fsp3) is 0.538. The van der Waals surface area contributed by atoms with Crippen molar-refractivity contribution in [1.29, 1.82) is 0 Å². The Morgan fingerprint density at radius 3 is 2.64 bits per heavy atom. The van der Waals surface area contributed by atoms with Gasteiger partial charge in [0.05, 0.1) is 18.1 Å². The lowest BCUT2D eigenvalue weighted by Crippen LogP contribution is -2.34. The van der Waals surface area contributed by atoms with Crippen molar-refractivity contribution in [2.24, 2.45) is 5.11 Å². The summed E-state index contributed by atoms with van der Waals surface area (Å²) in [5.74, 6) is 0.219. The number of azide groups is 1. The van der Waals surface area contributed by atoms with Gasteiger partial charge in [0, 0.05) is 17.5 Å². The zero-order chi connectivity index (χ0) is 26.9. The van der Waals surface area contributed by atoms with Crippen molar-refractivity contribution < 1.29 is 55.9 Å². The number of hydrogen-bond acceptors (Lipinski definition) is 12. The van der Waals surface area contributed by atoms with Crippen LogP contribution >= 0.6 is 46.1 Å². The fourth-order valence-electron chi connectivity index (χ4n) is 3.22. The molecule has 0 saturated carbocycles. The quantitative estimate of drug-likeness (QED) is 0.0432. The lowest BCUT2D eigenvalue weighted by molar-refractivity contribution is -0.0789. The minimum Gasteiger partial charge on any atom is -0.383 e. The third-order valence-corrected chi connectivity index (χ3v) is 8.71. The van der Waals surface area contributed by atoms with Gasteiger partial charge in [-0.1, -0.05) is 0 Å². The first-order chi connectivity index (χ1) is 16.5. The maximum atomic E-state index is 12.1. The summed E-state index contributed by atoms with van der Waals surface area (Å²) in [5, 5.41) is 4.04. The minimum absolute atomic E-state index is 0.0949. The number of phosphoric ester groups is 1. The maximum Gasteiger partial charge on any atom is 0.490 e. The van der Waals surface area contributed by atoms with Crippen molar-refractivity contribution in [3.8, 4) is 0 Å². The molecule has 19 nitrogen and oxygen atoms in total. The molecule has 200 valence electrons. The van der Waals surface area contributed by atoms with Crippen molar-refractivity contribution in [3.63, 3.8) is 0 Å². The maximum absolute atomic E-state index is 12.1. The smallest absolute Gasteiger partial charge is 0.383 e. The second-order valence-corrected chi connectivity index (χ2v) is 13.6. The van der Waals surface area contributed by atoms with Gasteiger partial charge in [-0.2, -0.15) is 8.62 Å². The lowest BCUT2D eigenvalue weighted by atomic mass is 10.2. The molecule has 3 heterocycles. The summed E-state index contributed by atoms with van der Waals surface area (Å²) >= 11 is 1.72. The Labute approximate surface area is 215 Å². The molecule has 23 heteroatoms. The number of rotatable bonds is 11. The summed E-state index contributed by atoms with van der Waals surface area (Å²) in [5.41, 5.74) is 15.0. The number of fused-ring (bicyclic) bond motifs is 1. The number of ether oxygens (including phenoxy) is 2. The second kappa shape index (κ2) is 10.9. The van der Waals surface area contributed by atoms with Gasteiger partial charge in [0.15, 0.2) is 3.73 Å². The minimum atomic E-state index is -5.70. The normalized spacial score (nSPS) is 25.6. The van der Waals surface area contributed by atoms with Crippen LogP contribution in [0.4, 0.5) is 5.82 Å². The third-order valence-electron chi connectivity index (χ3n) is 4.44. The van der Waals surface area contributed by atoms with Crippen LogP contribution in [0, 0.1) is 0 Å². The zero-order valence-corrected chi connectivity index (χ0v) is 22.8. The highest BCUT2D eigenvalue weighted by Crippen LogP contribution is 2.66. The summed E-state index contributed by atoms with van der Waals surface area (Å²) in [6.07, 6.45) is 0.102. The Bertz CT molecular complexity index is 1310. The first-order valence-electron chi connectivity index (χ1n) is 9.45. The van der Waals surface area contributed by atoms with Crippen molar-refractivity contribution >= 4 is 62.9 Å². The summed E-state index contributed by atoms with van der Waals surface area (Å²) in [7, 11) is -16.7. The molecule has 0 amide bonds. The van der Waals surface area contributed by atoms with Crippen LogP contribution in [-0.4, -0.2) is 56.7 Å². The van der Waals surface area contributed by atoms with E-state index in [2.05, 4.69) is 28.6 Å². The fourth-order valence-corrected chi connectivity index (χ4v) is 6.67. The molecule has 1 aliphatic rings. The first kappa shape index (κ1) is 29.3. The van der Waals surface area contributed by atoms with Gasteiger partial charge >= 0.3 is 23.5 Å². The Balaban J connectivity index is 1.80. The van der Waals surface area contributed by atoms with Gasteiger partial charge in [-0.25, -0.2) is 23.7 Å². The van der Waals surface area contributed by atoms with E-state index < -0.39 is 52.2 Å². The number of phosphoric acid groups is 3. The van der Waals surface area contributed by atoms with E-state index in [4.69, 9.17) is 35.0 Å². The molecule has 0 bridgehead atoms. The molecule has 1 saturated heterocycles. The summed E-state index contributed by atoms with van der Waals surface area (Å²) in [6.45, 7) is 0.670. The monoisotopic (exact) mass is 685 g/mol. The third kappa shape index (κ3) is 7.89. The number of nitrogens with two attached hydrogens (primary N) is 1. The van der Waals surface area contributed by atoms with E-state index in [1.807, 2.05) is 0 Å². The highest BCUT2D eigenvalue weighted by Gasteiger charge is 2.45. The van der Waals surface area contributed by atoms with Gasteiger partial charge in [-0.15, -0.1) is 0 Å². The largest absolute Gasteiger partial charge is 0.490 e. The second-order valence-electron chi connectivity index (χ2n) is 7.19. The number of aromatic nitrogens is 3. The molecule has 6 N–H and O–H groups in total. The number of nitrogen functional groups attached to an aromatic ring is 1. The van der Waals surface area contributed by atoms with Crippen LogP contribution in [0.2, 0.25) is 0 Å². The SMILES string of the molecule is CC(I)(N=[N+]=[N-])O[C@@H]1C[C@H](n2ccc3c(N)ncnc32)O[C@@H]1COP(=O)(O)OP(=O)(O)OP(=O)(O)O. The topological polar surface area (TPSA) is 284 Å². The molecule has 6 atom stereocenters. The Morgan fingerprint density at radius 1 is 1.31 bits per heavy atom. The molecule has 3 unspecified atom stereocenters. The number of hydrogen-bond donors (Lipinski definition) is 5. The Morgan fingerprint density at radius 2 is 2.00 bits per heavy atom. The van der Waals surface area contributed by atoms with E-state index in [1.54, 1.807) is 39.4 Å². The van der Waals surface area contributed by atoms with Crippen molar-refractivity contribution in [3.05, 3.63) is 29.0 Å². The molecule has 0 radical (unpaired) electrons. The molecule has 0 spiro atoms. The van der Waals surface area contributed by atoms with Gasteiger partial charge in [0.25, 0.3) is 0 Å². The molecule has 3 rings (SSSR count). The van der Waals surface area contributed by atoms with Gasteiger partial charge in [-0.05, 0) is 46.2 Å². The summed E-state index contributed by atoms with van der Waals surface area (Å²) in [6, 6.07) is 1.64. The number of alkyl halides is 1. The van der Waals surface area contributed by atoms with Crippen LogP contribution < -0.4 is 5.73 Å². The predicted octanol–water partition coefficient (Wildman–Crippen LogP) is 2.45. The van der Waals surface area contributed by atoms with E-state index in [9.17, 15) is 23.5 Å². The Kier molecular flexibility index (Phi) is 8.87. The van der Waals surface area contributed by atoms with Crippen molar-refractivity contribution in [2.45, 2.75) is 35.5 Å². The first-order valence-corrected chi connectivity index (χ1v) is 15.0. The predicted molar refractivity (Wildman–Crippen MR) is 127 cm³/mol. The molecule has 1 aliphatic heterocycles. The highest BCUT2D eigenvalue weighted by atomic mass is 127. The van der Waals surface area contributed by atoms with E-state index in [0.717, 1.165) is 0 Å². The van der Waals surface area contributed by atoms with Crippen LogP contribution in [0.1, 0.15) is 19.6 Å². The summed E-state index contributed by atoms with van der Waals surface area (Å²) in [4.78, 5) is 47.1. The van der Waals surface area contributed by atoms with Crippen LogP contribution in [0.15, 0.2) is 23.7 Å². The molecule has 0 aliphatic carbocycles. The van der Waals surface area contributed by atoms with Gasteiger partial charge in [-0.3, -0.25) is 4.52 Å². The van der Waals surface area contributed by atoms with Gasteiger partial charge in [0.1, 0.15) is 30.1 Å². The molecule has 2 aromatic heterocycles. The average Bonchev–Trinajstić information content (AvgIpc) is 3.28. The number of halogens is 1. The van der Waals surface area contributed by atoms with Crippen molar-refractivity contribution in [2.75, 3.05) is 12.3 Å². The molecule has 1 fully saturated rings. The van der Waals surface area contributed by atoms with Crippen LogP contribution in [0.25, 0.3) is 21.5 Å². The molecular weight excluding hydrogens is 666 g/mol. The highest BCUT2D eigenvalue weighted by molar-refractivity contribution is 14.1.